The molecule has 0 saturated heterocycles. The van der Waals surface area contributed by atoms with Crippen LogP contribution in [-0.4, -0.2) is 35.8 Å². The van der Waals surface area contributed by atoms with E-state index in [9.17, 15) is 9.90 Å². The predicted molar refractivity (Wildman–Crippen MR) is 70.6 cm³/mol. The number of carbonyl (C=O) groups is 1. The number of hydrogen-bond acceptors (Lipinski definition) is 6. The molecule has 6 nitrogen and oxygen atoms in total. The van der Waals surface area contributed by atoms with Crippen LogP contribution >= 0.6 is 11.8 Å². The summed E-state index contributed by atoms with van der Waals surface area (Å²) >= 11 is 1.20. The molecule has 0 aromatic carbocycles. The summed E-state index contributed by atoms with van der Waals surface area (Å²) in [6.45, 7) is 3.27. The average molecular weight is 276 g/mol. The molecule has 2 aromatic heterocycles. The molecule has 0 aliphatic heterocycles. The Bertz CT molecular complexity index is 589. The summed E-state index contributed by atoms with van der Waals surface area (Å²) in [7, 11) is 0. The maximum atomic E-state index is 11.2. The number of aliphatic carboxylic acids is 1. The van der Waals surface area contributed by atoms with E-state index in [4.69, 9.17) is 0 Å². The van der Waals surface area contributed by atoms with Gasteiger partial charge < -0.3 is 5.11 Å². The number of rotatable bonds is 4. The first-order valence-electron chi connectivity index (χ1n) is 5.48. The maximum absolute atomic E-state index is 11.2. The molecule has 2 rings (SSSR count). The van der Waals surface area contributed by atoms with Crippen molar-refractivity contribution in [2.75, 3.05) is 0 Å². The summed E-state index contributed by atoms with van der Waals surface area (Å²) < 4.78 is -0.963. The van der Waals surface area contributed by atoms with Gasteiger partial charge in [-0.2, -0.15) is 0 Å². The third-order valence-corrected chi connectivity index (χ3v) is 3.60. The highest BCUT2D eigenvalue weighted by Crippen LogP contribution is 2.36. The van der Waals surface area contributed by atoms with Crippen LogP contribution in [0.25, 0.3) is 11.3 Å². The molecule has 7 heteroatoms. The number of thioether (sulfide) groups is 1. The minimum absolute atomic E-state index is 0.634. The Morgan fingerprint density at radius 1 is 1.16 bits per heavy atom. The predicted octanol–water partition coefficient (Wildman–Crippen LogP) is 1.89. The summed E-state index contributed by atoms with van der Waals surface area (Å²) in [5, 5.41) is 9.18. The van der Waals surface area contributed by atoms with Crippen LogP contribution in [0.5, 0.6) is 0 Å². The number of nitrogens with zero attached hydrogens (tertiary/aromatic N) is 4. The van der Waals surface area contributed by atoms with Crippen molar-refractivity contribution in [1.82, 2.24) is 19.9 Å². The minimum atomic E-state index is -0.963. The largest absolute Gasteiger partial charge is 0.480 e. The lowest BCUT2D eigenvalue weighted by molar-refractivity contribution is -0.138. The second-order valence-electron chi connectivity index (χ2n) is 4.28. The molecule has 19 heavy (non-hydrogen) atoms. The Labute approximate surface area is 114 Å². The number of aromatic nitrogens is 4. The van der Waals surface area contributed by atoms with Gasteiger partial charge in [-0.25, -0.2) is 19.9 Å². The SMILES string of the molecule is CC(C)(Sc1cncnc1-c1cncnc1)C(=O)O. The van der Waals surface area contributed by atoms with Crippen LogP contribution in [0.15, 0.2) is 36.1 Å². The van der Waals surface area contributed by atoms with Crippen LogP contribution in [0.4, 0.5) is 0 Å². The highest BCUT2D eigenvalue weighted by molar-refractivity contribution is 8.01. The number of hydrogen-bond donors (Lipinski definition) is 1. The van der Waals surface area contributed by atoms with Gasteiger partial charge in [-0.15, -0.1) is 11.8 Å². The quantitative estimate of drug-likeness (QED) is 0.853. The van der Waals surface area contributed by atoms with E-state index >= 15 is 0 Å². The van der Waals surface area contributed by atoms with Crippen molar-refractivity contribution < 1.29 is 9.90 Å². The summed E-state index contributed by atoms with van der Waals surface area (Å²) in [4.78, 5) is 27.9. The van der Waals surface area contributed by atoms with E-state index < -0.39 is 10.7 Å². The zero-order valence-electron chi connectivity index (χ0n) is 10.4. The van der Waals surface area contributed by atoms with Gasteiger partial charge in [-0.05, 0) is 13.8 Å². The molecular weight excluding hydrogens is 264 g/mol. The van der Waals surface area contributed by atoms with Gasteiger partial charge in [0.25, 0.3) is 0 Å². The summed E-state index contributed by atoms with van der Waals surface area (Å²) in [6.07, 6.45) is 7.71. The van der Waals surface area contributed by atoms with E-state index in [-0.39, 0.29) is 0 Å². The second-order valence-corrected chi connectivity index (χ2v) is 5.94. The lowest BCUT2D eigenvalue weighted by atomic mass is 10.2. The first kappa shape index (κ1) is 13.4. The van der Waals surface area contributed by atoms with Crippen LogP contribution in [0.2, 0.25) is 0 Å². The van der Waals surface area contributed by atoms with Crippen molar-refractivity contribution in [1.29, 1.82) is 0 Å². The molecule has 0 radical (unpaired) electrons. The first-order chi connectivity index (χ1) is 9.00. The van der Waals surface area contributed by atoms with Crippen LogP contribution in [-0.2, 0) is 4.79 Å². The Kier molecular flexibility index (Phi) is 3.75. The van der Waals surface area contributed by atoms with Crippen molar-refractivity contribution in [2.24, 2.45) is 0 Å². The molecule has 0 aliphatic rings. The standard InChI is InChI=1S/C12H12N4O2S/c1-12(2,11(17)18)19-9-5-15-7-16-10(9)8-3-13-6-14-4-8/h3-7H,1-2H3,(H,17,18). The fourth-order valence-electron chi connectivity index (χ4n) is 1.35. The first-order valence-corrected chi connectivity index (χ1v) is 6.30. The lowest BCUT2D eigenvalue weighted by Crippen LogP contribution is -2.27. The fraction of sp³-hybridized carbons (Fsp3) is 0.250. The Morgan fingerprint density at radius 2 is 1.79 bits per heavy atom. The molecule has 2 heterocycles. The maximum Gasteiger partial charge on any atom is 0.319 e. The highest BCUT2D eigenvalue weighted by atomic mass is 32.2. The number of carboxylic acid groups (broad SMARTS) is 1. The fourth-order valence-corrected chi connectivity index (χ4v) is 2.37. The highest BCUT2D eigenvalue weighted by Gasteiger charge is 2.30. The molecule has 1 N–H and O–H groups in total. The topological polar surface area (TPSA) is 88.9 Å². The molecule has 0 spiro atoms. The van der Waals surface area contributed by atoms with Crippen molar-refractivity contribution in [3.05, 3.63) is 31.2 Å². The molecule has 0 saturated carbocycles. The summed E-state index contributed by atoms with van der Waals surface area (Å²) in [6, 6.07) is 0. The van der Waals surface area contributed by atoms with E-state index in [0.29, 0.717) is 10.6 Å². The zero-order chi connectivity index (χ0) is 13.9. The third-order valence-electron chi connectivity index (χ3n) is 2.39. The van der Waals surface area contributed by atoms with Crippen molar-refractivity contribution in [3.63, 3.8) is 0 Å². The van der Waals surface area contributed by atoms with Gasteiger partial charge in [0.15, 0.2) is 0 Å². The monoisotopic (exact) mass is 276 g/mol. The van der Waals surface area contributed by atoms with Crippen LogP contribution in [0.3, 0.4) is 0 Å². The smallest absolute Gasteiger partial charge is 0.319 e. The molecular formula is C12H12N4O2S. The van der Waals surface area contributed by atoms with E-state index in [0.717, 1.165) is 5.56 Å². The van der Waals surface area contributed by atoms with Crippen LogP contribution in [0, 0.1) is 0 Å². The average Bonchev–Trinajstić information content (AvgIpc) is 2.40. The third kappa shape index (κ3) is 3.05. The zero-order valence-corrected chi connectivity index (χ0v) is 11.3. The van der Waals surface area contributed by atoms with Gasteiger partial charge in [0.1, 0.15) is 17.4 Å². The molecule has 0 amide bonds. The molecule has 0 fully saturated rings. The van der Waals surface area contributed by atoms with Crippen molar-refractivity contribution in [3.8, 4) is 11.3 Å². The van der Waals surface area contributed by atoms with E-state index in [1.165, 1.54) is 24.4 Å². The lowest BCUT2D eigenvalue weighted by Gasteiger charge is -2.19. The Morgan fingerprint density at radius 3 is 2.42 bits per heavy atom. The Balaban J connectivity index is 2.40. The van der Waals surface area contributed by atoms with Crippen molar-refractivity contribution in [2.45, 2.75) is 23.5 Å². The number of carboxylic acids is 1. The second kappa shape index (κ2) is 5.31. The van der Waals surface area contributed by atoms with Gasteiger partial charge in [0.2, 0.25) is 0 Å². The van der Waals surface area contributed by atoms with Crippen LogP contribution in [0.1, 0.15) is 13.8 Å². The van der Waals surface area contributed by atoms with Gasteiger partial charge in [-0.3, -0.25) is 4.79 Å². The van der Waals surface area contributed by atoms with E-state index in [1.54, 1.807) is 32.4 Å². The van der Waals surface area contributed by atoms with Gasteiger partial charge >= 0.3 is 5.97 Å². The molecule has 0 unspecified atom stereocenters. The van der Waals surface area contributed by atoms with E-state index in [2.05, 4.69) is 19.9 Å². The van der Waals surface area contributed by atoms with Crippen molar-refractivity contribution >= 4 is 17.7 Å². The normalized spacial score (nSPS) is 11.3. The summed E-state index contributed by atoms with van der Waals surface area (Å²) in [5.74, 6) is -0.892. The molecule has 0 bridgehead atoms. The molecule has 0 aliphatic carbocycles. The summed E-state index contributed by atoms with van der Waals surface area (Å²) in [5.41, 5.74) is 1.36. The van der Waals surface area contributed by atoms with Gasteiger partial charge in [0.05, 0.1) is 10.6 Å². The minimum Gasteiger partial charge on any atom is -0.480 e. The Hall–Kier alpha value is -2.02. The molecule has 0 atom stereocenters. The van der Waals surface area contributed by atoms with Gasteiger partial charge in [0, 0.05) is 24.2 Å². The van der Waals surface area contributed by atoms with Gasteiger partial charge in [-0.1, -0.05) is 0 Å². The van der Waals surface area contributed by atoms with Crippen LogP contribution < -0.4 is 0 Å². The van der Waals surface area contributed by atoms with E-state index in [1.807, 2.05) is 0 Å². The molecule has 2 aromatic rings. The molecule has 98 valence electrons.